The summed E-state index contributed by atoms with van der Waals surface area (Å²) in [7, 11) is 0. The average Bonchev–Trinajstić information content (AvgIpc) is 3.39. The van der Waals surface area contributed by atoms with Crippen molar-refractivity contribution < 1.29 is 49.3 Å². The normalized spacial score (nSPS) is 19.8. The number of allylic oxidation sites excluding steroid dienone is 9. The van der Waals surface area contributed by atoms with Crippen LogP contribution in [-0.4, -0.2) is 99.6 Å². The Bertz CT molecular complexity index is 1420. The van der Waals surface area contributed by atoms with Crippen molar-refractivity contribution in [1.29, 1.82) is 0 Å². The number of amides is 1. The number of aliphatic hydroxyl groups excluding tert-OH is 5. The molecule has 1 aliphatic heterocycles. The largest absolute Gasteiger partial charge is 0.454 e. The summed E-state index contributed by atoms with van der Waals surface area (Å²) in [4.78, 5) is 26.4. The minimum atomic E-state index is -1.62. The van der Waals surface area contributed by atoms with Gasteiger partial charge in [0.2, 0.25) is 5.91 Å². The molecule has 0 aromatic heterocycles. The zero-order chi connectivity index (χ0) is 53.3. The first-order valence-electron chi connectivity index (χ1n) is 30.1. The Balaban J connectivity index is 2.63. The molecule has 11 heteroatoms. The molecule has 1 heterocycles. The first kappa shape index (κ1) is 68.4. The van der Waals surface area contributed by atoms with Crippen molar-refractivity contribution in [3.8, 4) is 0 Å². The van der Waals surface area contributed by atoms with E-state index in [1.807, 2.05) is 6.08 Å². The smallest absolute Gasteiger partial charge is 0.306 e. The first-order valence-corrected chi connectivity index (χ1v) is 30.1. The second-order valence-electron chi connectivity index (χ2n) is 20.7. The van der Waals surface area contributed by atoms with E-state index in [0.717, 1.165) is 103 Å². The number of aliphatic hydroxyl groups is 5. The monoisotopic (exact) mass is 1030 g/mol. The zero-order valence-electron chi connectivity index (χ0n) is 46.7. The third kappa shape index (κ3) is 38.5. The number of ether oxygens (including phenoxy) is 3. The molecule has 8 unspecified atom stereocenters. The van der Waals surface area contributed by atoms with Crippen LogP contribution in [0.5, 0.6) is 0 Å². The van der Waals surface area contributed by atoms with Crippen LogP contribution in [0.15, 0.2) is 60.8 Å². The van der Waals surface area contributed by atoms with E-state index in [9.17, 15) is 35.1 Å². The standard InChI is InChI=1S/C62H111NO10/c1-4-7-10-13-16-19-22-23-24-25-26-27-28-29-30-31-32-33-35-38-41-44-47-50-57(67)73-60-59(69)58(68)56(51-64)72-62(60)71-52-53(54(65)48-45-42-39-37-34-20-17-14-11-8-5-2)63-61(70)55(66)49-46-43-40-36-21-18-15-12-9-6-3/h16,19,23-24,26-27,29-30,45,48,53-56,58-60,62,64-66,68-69H,4-15,17-18,20-22,25,28,31-44,46-47,49-52H2,1-3H3,(H,63,70)/b19-16-,24-23-,27-26-,30-29-,48-45+. The lowest BCUT2D eigenvalue weighted by Gasteiger charge is -2.41. The second-order valence-corrected chi connectivity index (χ2v) is 20.7. The minimum absolute atomic E-state index is 0.111. The fraction of sp³-hybridized carbons (Fsp3) is 0.806. The molecule has 0 saturated carbocycles. The lowest BCUT2D eigenvalue weighted by molar-refractivity contribution is -0.305. The highest BCUT2D eigenvalue weighted by atomic mass is 16.7. The summed E-state index contributed by atoms with van der Waals surface area (Å²) in [6.07, 6.45) is 51.2. The van der Waals surface area contributed by atoms with E-state index in [1.54, 1.807) is 6.08 Å². The molecule has 0 aromatic rings. The van der Waals surface area contributed by atoms with Gasteiger partial charge in [-0.05, 0) is 70.6 Å². The first-order chi connectivity index (χ1) is 35.7. The summed E-state index contributed by atoms with van der Waals surface area (Å²) in [5, 5.41) is 56.8. The predicted molar refractivity (Wildman–Crippen MR) is 301 cm³/mol. The van der Waals surface area contributed by atoms with Crippen molar-refractivity contribution in [3.63, 3.8) is 0 Å². The van der Waals surface area contributed by atoms with Gasteiger partial charge in [-0.3, -0.25) is 9.59 Å². The average molecular weight is 1030 g/mol. The molecule has 73 heavy (non-hydrogen) atoms. The van der Waals surface area contributed by atoms with Gasteiger partial charge in [0, 0.05) is 6.42 Å². The summed E-state index contributed by atoms with van der Waals surface area (Å²) in [6.45, 7) is 5.72. The van der Waals surface area contributed by atoms with E-state index in [-0.39, 0.29) is 13.0 Å². The molecule has 0 spiro atoms. The van der Waals surface area contributed by atoms with Crippen LogP contribution in [0.2, 0.25) is 0 Å². The quantitative estimate of drug-likeness (QED) is 0.0195. The second kappa shape index (κ2) is 50.2. The Morgan fingerprint density at radius 3 is 1.44 bits per heavy atom. The molecule has 1 amide bonds. The van der Waals surface area contributed by atoms with Crippen molar-refractivity contribution in [1.82, 2.24) is 5.32 Å². The highest BCUT2D eigenvalue weighted by Crippen LogP contribution is 2.26. The third-order valence-corrected chi connectivity index (χ3v) is 13.9. The van der Waals surface area contributed by atoms with Gasteiger partial charge in [0.15, 0.2) is 12.4 Å². The van der Waals surface area contributed by atoms with Gasteiger partial charge >= 0.3 is 5.97 Å². The van der Waals surface area contributed by atoms with Crippen molar-refractivity contribution in [2.45, 2.75) is 307 Å². The number of hydrogen-bond donors (Lipinski definition) is 6. The van der Waals surface area contributed by atoms with Crippen molar-refractivity contribution in [2.75, 3.05) is 13.2 Å². The predicted octanol–water partition coefficient (Wildman–Crippen LogP) is 13.8. The lowest BCUT2D eigenvalue weighted by Crippen LogP contribution is -2.61. The Kier molecular flexibility index (Phi) is 47.0. The molecular formula is C62H111NO10. The fourth-order valence-electron chi connectivity index (χ4n) is 9.10. The van der Waals surface area contributed by atoms with Gasteiger partial charge in [-0.1, -0.05) is 242 Å². The van der Waals surface area contributed by atoms with Gasteiger partial charge in [-0.2, -0.15) is 0 Å². The number of esters is 1. The van der Waals surface area contributed by atoms with E-state index in [0.29, 0.717) is 19.3 Å². The number of hydrogen-bond acceptors (Lipinski definition) is 10. The molecule has 0 bridgehead atoms. The Morgan fingerprint density at radius 1 is 0.534 bits per heavy atom. The number of rotatable bonds is 50. The topological polar surface area (TPSA) is 175 Å². The summed E-state index contributed by atoms with van der Waals surface area (Å²) in [6, 6.07) is -1.02. The van der Waals surface area contributed by atoms with Crippen molar-refractivity contribution in [2.24, 2.45) is 0 Å². The van der Waals surface area contributed by atoms with E-state index < -0.39 is 67.4 Å². The van der Waals surface area contributed by atoms with Crippen molar-refractivity contribution >= 4 is 11.9 Å². The van der Waals surface area contributed by atoms with E-state index in [2.05, 4.69) is 74.7 Å². The SMILES string of the molecule is CCCCC/C=C\C/C=C\C/C=C\C/C=C\CCCCCCCCCC(=O)OC1C(OCC(NC(=O)C(O)CCCCCCCCCCCC)C(O)/C=C/CCCCCCCCCCC)OC(CO)C(O)C1O. The van der Waals surface area contributed by atoms with E-state index in [1.165, 1.54) is 109 Å². The van der Waals surface area contributed by atoms with Gasteiger partial charge < -0.3 is 45.1 Å². The molecular weight excluding hydrogens is 919 g/mol. The van der Waals surface area contributed by atoms with Gasteiger partial charge in [-0.15, -0.1) is 0 Å². The van der Waals surface area contributed by atoms with Crippen LogP contribution < -0.4 is 5.32 Å². The maximum Gasteiger partial charge on any atom is 0.306 e. The number of carbonyl (C=O) groups excluding carboxylic acids is 2. The van der Waals surface area contributed by atoms with Crippen LogP contribution in [0.3, 0.4) is 0 Å². The molecule has 1 fully saturated rings. The van der Waals surface area contributed by atoms with E-state index >= 15 is 0 Å². The molecule has 6 N–H and O–H groups in total. The molecule has 424 valence electrons. The Morgan fingerprint density at radius 2 is 0.945 bits per heavy atom. The lowest BCUT2D eigenvalue weighted by atomic mass is 9.99. The fourth-order valence-corrected chi connectivity index (χ4v) is 9.10. The zero-order valence-corrected chi connectivity index (χ0v) is 46.7. The molecule has 1 saturated heterocycles. The highest BCUT2D eigenvalue weighted by molar-refractivity contribution is 5.80. The van der Waals surface area contributed by atoms with E-state index in [4.69, 9.17) is 14.2 Å². The van der Waals surface area contributed by atoms with Crippen LogP contribution in [0, 0.1) is 0 Å². The van der Waals surface area contributed by atoms with Gasteiger partial charge in [-0.25, -0.2) is 0 Å². The molecule has 1 rings (SSSR count). The Labute approximate surface area is 446 Å². The molecule has 0 radical (unpaired) electrons. The Hall–Kier alpha value is -2.64. The van der Waals surface area contributed by atoms with Crippen molar-refractivity contribution in [3.05, 3.63) is 60.8 Å². The van der Waals surface area contributed by atoms with Crippen LogP contribution in [-0.2, 0) is 23.8 Å². The van der Waals surface area contributed by atoms with Gasteiger partial charge in [0.05, 0.1) is 25.4 Å². The summed E-state index contributed by atoms with van der Waals surface area (Å²) < 4.78 is 17.6. The van der Waals surface area contributed by atoms with Crippen LogP contribution in [0.25, 0.3) is 0 Å². The van der Waals surface area contributed by atoms with Crippen LogP contribution in [0.4, 0.5) is 0 Å². The molecule has 0 aliphatic carbocycles. The van der Waals surface area contributed by atoms with Gasteiger partial charge in [0.1, 0.15) is 24.4 Å². The third-order valence-electron chi connectivity index (χ3n) is 13.9. The number of carbonyl (C=O) groups is 2. The molecule has 8 atom stereocenters. The summed E-state index contributed by atoms with van der Waals surface area (Å²) in [5.74, 6) is -1.20. The highest BCUT2D eigenvalue weighted by Gasteiger charge is 2.47. The molecule has 0 aromatic carbocycles. The number of nitrogens with one attached hydrogen (secondary N) is 1. The van der Waals surface area contributed by atoms with Crippen LogP contribution in [0.1, 0.15) is 258 Å². The van der Waals surface area contributed by atoms with Gasteiger partial charge in [0.25, 0.3) is 0 Å². The minimum Gasteiger partial charge on any atom is -0.454 e. The van der Waals surface area contributed by atoms with Crippen LogP contribution >= 0.6 is 0 Å². The number of unbranched alkanes of at least 4 members (excludes halogenated alkanes) is 28. The summed E-state index contributed by atoms with van der Waals surface area (Å²) in [5.41, 5.74) is 0. The summed E-state index contributed by atoms with van der Waals surface area (Å²) >= 11 is 0. The maximum atomic E-state index is 13.3. The maximum absolute atomic E-state index is 13.3. The molecule has 1 aliphatic rings. The molecule has 11 nitrogen and oxygen atoms in total.